The summed E-state index contributed by atoms with van der Waals surface area (Å²) in [6.07, 6.45) is 0.598. The molecule has 1 saturated heterocycles. The molecule has 0 aromatic carbocycles. The van der Waals surface area contributed by atoms with Crippen molar-refractivity contribution in [2.45, 2.75) is 32.0 Å². The van der Waals surface area contributed by atoms with E-state index in [-0.39, 0.29) is 37.5 Å². The van der Waals surface area contributed by atoms with E-state index in [1.807, 2.05) is 6.07 Å². The SMILES string of the molecule is CC1(C)CC2(C=C(C#N)C1=O)CN(C(=O)c1cn(-c3ccncc3)nc1C(F)(F)F)CCO2. The van der Waals surface area contributed by atoms with Gasteiger partial charge in [-0.15, -0.1) is 0 Å². The fourth-order valence-corrected chi connectivity index (χ4v) is 4.37. The van der Waals surface area contributed by atoms with Crippen LogP contribution in [-0.2, 0) is 15.7 Å². The van der Waals surface area contributed by atoms with Gasteiger partial charge in [-0.25, -0.2) is 4.68 Å². The van der Waals surface area contributed by atoms with Gasteiger partial charge < -0.3 is 9.64 Å². The van der Waals surface area contributed by atoms with Gasteiger partial charge >= 0.3 is 6.18 Å². The monoisotopic (exact) mass is 459 g/mol. The minimum absolute atomic E-state index is 0.0467. The number of nitriles is 1. The second-order valence-corrected chi connectivity index (χ2v) is 8.74. The molecular weight excluding hydrogens is 439 g/mol. The van der Waals surface area contributed by atoms with Crippen LogP contribution in [0.25, 0.3) is 5.69 Å². The molecule has 1 fully saturated rings. The van der Waals surface area contributed by atoms with Crippen LogP contribution in [0.1, 0.15) is 36.3 Å². The molecule has 0 N–H and O–H groups in total. The number of carbonyl (C=O) groups is 2. The van der Waals surface area contributed by atoms with Crippen molar-refractivity contribution >= 4 is 11.7 Å². The van der Waals surface area contributed by atoms with Gasteiger partial charge in [0.05, 0.1) is 30.0 Å². The zero-order chi connectivity index (χ0) is 24.0. The highest BCUT2D eigenvalue weighted by Crippen LogP contribution is 2.41. The molecule has 0 radical (unpaired) electrons. The topological polar surface area (TPSA) is 101 Å². The molecule has 2 aromatic heterocycles. The van der Waals surface area contributed by atoms with E-state index in [9.17, 15) is 28.0 Å². The molecule has 1 amide bonds. The minimum Gasteiger partial charge on any atom is -0.367 e. The van der Waals surface area contributed by atoms with Crippen molar-refractivity contribution in [1.82, 2.24) is 19.7 Å². The Morgan fingerprint density at radius 1 is 1.27 bits per heavy atom. The number of hydrogen-bond acceptors (Lipinski definition) is 6. The number of hydrogen-bond donors (Lipinski definition) is 0. The van der Waals surface area contributed by atoms with Crippen LogP contribution in [0.5, 0.6) is 0 Å². The van der Waals surface area contributed by atoms with Gasteiger partial charge in [-0.1, -0.05) is 13.8 Å². The van der Waals surface area contributed by atoms with E-state index in [1.165, 1.54) is 35.5 Å². The molecule has 8 nitrogen and oxygen atoms in total. The maximum Gasteiger partial charge on any atom is 0.435 e. The van der Waals surface area contributed by atoms with Gasteiger partial charge in [0.1, 0.15) is 11.7 Å². The van der Waals surface area contributed by atoms with Crippen molar-refractivity contribution in [3.05, 3.63) is 53.6 Å². The normalized spacial score (nSPS) is 22.7. The molecule has 2 aromatic rings. The van der Waals surface area contributed by atoms with Crippen molar-refractivity contribution in [2.75, 3.05) is 19.7 Å². The number of alkyl halides is 3. The van der Waals surface area contributed by atoms with Crippen molar-refractivity contribution in [1.29, 1.82) is 5.26 Å². The van der Waals surface area contributed by atoms with Crippen LogP contribution in [0.15, 0.2) is 42.4 Å². The standard InChI is InChI=1S/C22H20F3N5O3/c1-20(2)12-21(9-14(10-26)18(20)31)13-29(7-8-33-21)19(32)16-11-30(15-3-5-27-6-4-15)28-17(16)22(23,24)25/h3-6,9,11H,7-8,12-13H2,1-2H3. The molecule has 0 bridgehead atoms. The van der Waals surface area contributed by atoms with Crippen molar-refractivity contribution < 1.29 is 27.5 Å². The Hall–Kier alpha value is -3.52. The molecule has 1 atom stereocenters. The van der Waals surface area contributed by atoms with Gasteiger partial charge in [0.25, 0.3) is 5.91 Å². The van der Waals surface area contributed by atoms with Crippen LogP contribution in [-0.4, -0.2) is 56.7 Å². The Morgan fingerprint density at radius 2 is 1.97 bits per heavy atom. The molecule has 1 unspecified atom stereocenters. The van der Waals surface area contributed by atoms with Gasteiger partial charge in [-0.3, -0.25) is 14.6 Å². The van der Waals surface area contributed by atoms with Crippen LogP contribution in [0.2, 0.25) is 0 Å². The predicted octanol–water partition coefficient (Wildman–Crippen LogP) is 2.95. The van der Waals surface area contributed by atoms with E-state index in [1.54, 1.807) is 13.8 Å². The lowest BCUT2D eigenvalue weighted by molar-refractivity contribution is -0.142. The highest BCUT2D eigenvalue weighted by Gasteiger charge is 2.49. The first kappa shape index (κ1) is 22.7. The predicted molar refractivity (Wildman–Crippen MR) is 108 cm³/mol. The molecule has 0 saturated carbocycles. The number of ketones is 1. The van der Waals surface area contributed by atoms with Crippen LogP contribution in [0, 0.1) is 16.7 Å². The number of ether oxygens (including phenoxy) is 1. The average Bonchev–Trinajstić information content (AvgIpc) is 3.22. The second kappa shape index (κ2) is 7.81. The number of rotatable bonds is 2. The highest BCUT2D eigenvalue weighted by molar-refractivity contribution is 6.04. The minimum atomic E-state index is -4.85. The maximum absolute atomic E-state index is 13.7. The molecule has 1 aliphatic carbocycles. The fourth-order valence-electron chi connectivity index (χ4n) is 4.37. The number of carbonyl (C=O) groups excluding carboxylic acids is 2. The molecule has 172 valence electrons. The maximum atomic E-state index is 13.7. The number of aromatic nitrogens is 3. The Labute approximate surface area is 187 Å². The zero-order valence-corrected chi connectivity index (χ0v) is 17.9. The lowest BCUT2D eigenvalue weighted by Crippen LogP contribution is -2.57. The summed E-state index contributed by atoms with van der Waals surface area (Å²) in [6, 6.07) is 4.81. The van der Waals surface area contributed by atoms with Crippen LogP contribution in [0.3, 0.4) is 0 Å². The number of morpholine rings is 1. The van der Waals surface area contributed by atoms with Crippen molar-refractivity contribution in [3.63, 3.8) is 0 Å². The van der Waals surface area contributed by atoms with Crippen LogP contribution in [0.4, 0.5) is 13.2 Å². The number of halogens is 3. The zero-order valence-electron chi connectivity index (χ0n) is 17.9. The summed E-state index contributed by atoms with van der Waals surface area (Å²) < 4.78 is 48.1. The Morgan fingerprint density at radius 3 is 2.61 bits per heavy atom. The molecule has 3 heterocycles. The fraction of sp³-hybridized carbons (Fsp3) is 0.409. The largest absolute Gasteiger partial charge is 0.435 e. The van der Waals surface area contributed by atoms with E-state index < -0.39 is 34.4 Å². The van der Waals surface area contributed by atoms with Crippen molar-refractivity contribution in [3.8, 4) is 11.8 Å². The number of pyridine rings is 1. The summed E-state index contributed by atoms with van der Waals surface area (Å²) >= 11 is 0. The number of allylic oxidation sites excluding steroid dienone is 1. The van der Waals surface area contributed by atoms with Crippen LogP contribution < -0.4 is 0 Å². The first-order valence-electron chi connectivity index (χ1n) is 10.1. The van der Waals surface area contributed by atoms with Crippen molar-refractivity contribution in [2.24, 2.45) is 5.41 Å². The smallest absolute Gasteiger partial charge is 0.367 e. The average molecular weight is 459 g/mol. The quantitative estimate of drug-likeness (QED) is 0.685. The summed E-state index contributed by atoms with van der Waals surface area (Å²) in [7, 11) is 0. The summed E-state index contributed by atoms with van der Waals surface area (Å²) in [5.41, 5.74) is -3.71. The van der Waals surface area contributed by atoms with E-state index in [2.05, 4.69) is 10.1 Å². The van der Waals surface area contributed by atoms with Crippen LogP contribution >= 0.6 is 0 Å². The first-order chi connectivity index (χ1) is 15.5. The molecule has 1 spiro atoms. The number of amides is 1. The van der Waals surface area contributed by atoms with E-state index >= 15 is 0 Å². The summed E-state index contributed by atoms with van der Waals surface area (Å²) in [5, 5.41) is 13.0. The van der Waals surface area contributed by atoms with Gasteiger partial charge in [-0.05, 0) is 24.6 Å². The third-order valence-electron chi connectivity index (χ3n) is 5.77. The summed E-state index contributed by atoms with van der Waals surface area (Å²) in [4.78, 5) is 30.8. The molecule has 11 heteroatoms. The first-order valence-corrected chi connectivity index (χ1v) is 10.1. The van der Waals surface area contributed by atoms with E-state index in [0.717, 1.165) is 10.9 Å². The highest BCUT2D eigenvalue weighted by atomic mass is 19.4. The lowest BCUT2D eigenvalue weighted by Gasteiger charge is -2.46. The lowest BCUT2D eigenvalue weighted by atomic mass is 9.69. The van der Waals surface area contributed by atoms with Gasteiger partial charge in [0.15, 0.2) is 11.5 Å². The Kier molecular flexibility index (Phi) is 5.36. The Bertz CT molecular complexity index is 1180. The van der Waals surface area contributed by atoms with Gasteiger partial charge in [-0.2, -0.15) is 23.5 Å². The second-order valence-electron chi connectivity index (χ2n) is 8.74. The molecule has 1 aliphatic heterocycles. The van der Waals surface area contributed by atoms with Gasteiger partial charge in [0.2, 0.25) is 0 Å². The molecule has 2 aliphatic rings. The molecule has 4 rings (SSSR count). The van der Waals surface area contributed by atoms with E-state index in [0.29, 0.717) is 5.69 Å². The third-order valence-corrected chi connectivity index (χ3v) is 5.77. The molecular formula is C22H20F3N5O3. The summed E-state index contributed by atoms with van der Waals surface area (Å²) in [6.45, 7) is 3.36. The third kappa shape index (κ3) is 4.14. The number of nitrogens with zero attached hydrogens (tertiary/aromatic N) is 5. The van der Waals surface area contributed by atoms with Gasteiger partial charge in [0, 0.05) is 30.6 Å². The number of Topliss-reactive ketones (excluding diaryl/α,β-unsaturated/α-hetero) is 1. The van der Waals surface area contributed by atoms with E-state index in [4.69, 9.17) is 4.74 Å². The summed E-state index contributed by atoms with van der Waals surface area (Å²) in [5.74, 6) is -1.19. The molecule has 33 heavy (non-hydrogen) atoms. The Balaban J connectivity index is 1.70.